The highest BCUT2D eigenvalue weighted by Crippen LogP contribution is 2.16. The highest BCUT2D eigenvalue weighted by molar-refractivity contribution is 7.98. The Hall–Kier alpha value is -0.520. The Labute approximate surface area is 98.5 Å². The molecule has 0 aromatic carbocycles. The molecule has 1 aromatic heterocycles. The van der Waals surface area contributed by atoms with Crippen LogP contribution in [-0.2, 0) is 0 Å². The maximum Gasteiger partial charge on any atom is 0.171 e. The Morgan fingerprint density at radius 2 is 2.20 bits per heavy atom. The normalized spacial score (nSPS) is 14.7. The summed E-state index contributed by atoms with van der Waals surface area (Å²) in [7, 11) is 0. The van der Waals surface area contributed by atoms with Gasteiger partial charge in [-0.1, -0.05) is 11.6 Å². The number of nitrogens with one attached hydrogen (secondary N) is 1. The summed E-state index contributed by atoms with van der Waals surface area (Å²) < 4.78 is 0. The number of thioether (sulfide) groups is 1. The molecule has 6 heteroatoms. The zero-order valence-electron chi connectivity index (χ0n) is 8.70. The third-order valence-corrected chi connectivity index (χ3v) is 2.93. The fraction of sp³-hybridized carbons (Fsp3) is 0.556. The highest BCUT2D eigenvalue weighted by atomic mass is 35.5. The standard InChI is InChI=1S/C9H14ClN3OS/c1-9(14,6-15-2)5-13-8-7(10)11-3-4-12-8/h3-4,14H,5-6H2,1-2H3,(H,12,13). The van der Waals surface area contributed by atoms with Crippen molar-refractivity contribution >= 4 is 29.2 Å². The van der Waals surface area contributed by atoms with Crippen molar-refractivity contribution in [2.24, 2.45) is 0 Å². The molecule has 1 unspecified atom stereocenters. The second-order valence-corrected chi connectivity index (χ2v) is 4.70. The smallest absolute Gasteiger partial charge is 0.171 e. The van der Waals surface area contributed by atoms with Gasteiger partial charge >= 0.3 is 0 Å². The van der Waals surface area contributed by atoms with Gasteiger partial charge in [-0.2, -0.15) is 11.8 Å². The van der Waals surface area contributed by atoms with E-state index in [9.17, 15) is 5.11 Å². The van der Waals surface area contributed by atoms with E-state index in [2.05, 4.69) is 15.3 Å². The second-order valence-electron chi connectivity index (χ2n) is 3.48. The first kappa shape index (κ1) is 12.5. The maximum absolute atomic E-state index is 9.89. The molecule has 15 heavy (non-hydrogen) atoms. The van der Waals surface area contributed by atoms with Gasteiger partial charge < -0.3 is 10.4 Å². The van der Waals surface area contributed by atoms with Gasteiger partial charge in [0.2, 0.25) is 0 Å². The van der Waals surface area contributed by atoms with E-state index in [0.717, 1.165) is 0 Å². The minimum atomic E-state index is -0.778. The zero-order chi connectivity index (χ0) is 11.3. The van der Waals surface area contributed by atoms with E-state index in [1.54, 1.807) is 24.9 Å². The van der Waals surface area contributed by atoms with Crippen LogP contribution in [0.5, 0.6) is 0 Å². The molecule has 0 aliphatic carbocycles. The van der Waals surface area contributed by atoms with Crippen LogP contribution in [0.2, 0.25) is 5.15 Å². The monoisotopic (exact) mass is 247 g/mol. The van der Waals surface area contributed by atoms with Crippen LogP contribution in [0.25, 0.3) is 0 Å². The summed E-state index contributed by atoms with van der Waals surface area (Å²) in [5, 5.41) is 13.2. The van der Waals surface area contributed by atoms with Crippen molar-refractivity contribution in [3.8, 4) is 0 Å². The van der Waals surface area contributed by atoms with Crippen molar-refractivity contribution < 1.29 is 5.11 Å². The largest absolute Gasteiger partial charge is 0.387 e. The topological polar surface area (TPSA) is 58.0 Å². The minimum Gasteiger partial charge on any atom is -0.387 e. The van der Waals surface area contributed by atoms with E-state index >= 15 is 0 Å². The number of halogens is 1. The van der Waals surface area contributed by atoms with Crippen molar-refractivity contribution in [1.82, 2.24) is 9.97 Å². The lowest BCUT2D eigenvalue weighted by Crippen LogP contribution is -2.36. The van der Waals surface area contributed by atoms with Crippen molar-refractivity contribution in [3.05, 3.63) is 17.5 Å². The lowest BCUT2D eigenvalue weighted by Gasteiger charge is -2.22. The van der Waals surface area contributed by atoms with E-state index in [1.165, 1.54) is 6.20 Å². The lowest BCUT2D eigenvalue weighted by atomic mass is 10.1. The zero-order valence-corrected chi connectivity index (χ0v) is 10.3. The van der Waals surface area contributed by atoms with E-state index in [4.69, 9.17) is 11.6 Å². The van der Waals surface area contributed by atoms with Gasteiger partial charge in [0, 0.05) is 24.7 Å². The molecular weight excluding hydrogens is 234 g/mol. The van der Waals surface area contributed by atoms with Crippen molar-refractivity contribution in [1.29, 1.82) is 0 Å². The van der Waals surface area contributed by atoms with Gasteiger partial charge in [0.1, 0.15) is 0 Å². The summed E-state index contributed by atoms with van der Waals surface area (Å²) in [6, 6.07) is 0. The molecule has 1 heterocycles. The van der Waals surface area contributed by atoms with Crippen LogP contribution in [0.4, 0.5) is 5.82 Å². The molecule has 1 aromatic rings. The fourth-order valence-corrected chi connectivity index (χ4v) is 1.97. The predicted octanol–water partition coefficient (Wildman–Crippen LogP) is 1.66. The molecule has 0 aliphatic rings. The van der Waals surface area contributed by atoms with E-state index in [0.29, 0.717) is 23.3 Å². The van der Waals surface area contributed by atoms with Crippen LogP contribution >= 0.6 is 23.4 Å². The quantitative estimate of drug-likeness (QED) is 0.829. The van der Waals surface area contributed by atoms with Gasteiger partial charge in [-0.3, -0.25) is 0 Å². The molecule has 0 fully saturated rings. The fourth-order valence-electron chi connectivity index (χ4n) is 1.08. The first-order chi connectivity index (χ1) is 7.05. The number of aliphatic hydroxyl groups is 1. The number of aromatic nitrogens is 2. The number of hydrogen-bond acceptors (Lipinski definition) is 5. The van der Waals surface area contributed by atoms with E-state index in [-0.39, 0.29) is 0 Å². The van der Waals surface area contributed by atoms with Crippen molar-refractivity contribution in [3.63, 3.8) is 0 Å². The Balaban J connectivity index is 2.53. The summed E-state index contributed by atoms with van der Waals surface area (Å²) in [6.07, 6.45) is 5.02. The average molecular weight is 248 g/mol. The van der Waals surface area contributed by atoms with Crippen LogP contribution in [0.1, 0.15) is 6.92 Å². The lowest BCUT2D eigenvalue weighted by molar-refractivity contribution is 0.0996. The Kier molecular flexibility index (Phi) is 4.63. The molecule has 0 amide bonds. The molecule has 0 spiro atoms. The van der Waals surface area contributed by atoms with Crippen LogP contribution in [-0.4, -0.2) is 39.2 Å². The third kappa shape index (κ3) is 4.24. The van der Waals surface area contributed by atoms with Crippen LogP contribution in [0.3, 0.4) is 0 Å². The summed E-state index contributed by atoms with van der Waals surface area (Å²) >= 11 is 7.40. The maximum atomic E-state index is 9.89. The van der Waals surface area contributed by atoms with Gasteiger partial charge in [-0.25, -0.2) is 9.97 Å². The molecule has 2 N–H and O–H groups in total. The molecule has 0 aliphatic heterocycles. The third-order valence-electron chi connectivity index (χ3n) is 1.75. The molecular formula is C9H14ClN3OS. The molecule has 1 rings (SSSR count). The van der Waals surface area contributed by atoms with Gasteiger partial charge in [-0.15, -0.1) is 0 Å². The van der Waals surface area contributed by atoms with Crippen LogP contribution in [0, 0.1) is 0 Å². The highest BCUT2D eigenvalue weighted by Gasteiger charge is 2.19. The number of nitrogens with zero attached hydrogens (tertiary/aromatic N) is 2. The van der Waals surface area contributed by atoms with Gasteiger partial charge in [0.25, 0.3) is 0 Å². The first-order valence-electron chi connectivity index (χ1n) is 4.47. The summed E-state index contributed by atoms with van der Waals surface area (Å²) in [5.74, 6) is 1.15. The van der Waals surface area contributed by atoms with Gasteiger partial charge in [0.15, 0.2) is 11.0 Å². The summed E-state index contributed by atoms with van der Waals surface area (Å²) in [6.45, 7) is 2.16. The Bertz CT molecular complexity index is 322. The average Bonchev–Trinajstić information content (AvgIpc) is 2.16. The van der Waals surface area contributed by atoms with Crippen molar-refractivity contribution in [2.75, 3.05) is 23.9 Å². The molecule has 0 saturated carbocycles. The molecule has 84 valence electrons. The van der Waals surface area contributed by atoms with Crippen molar-refractivity contribution in [2.45, 2.75) is 12.5 Å². The van der Waals surface area contributed by atoms with E-state index < -0.39 is 5.60 Å². The van der Waals surface area contributed by atoms with Crippen LogP contribution in [0.15, 0.2) is 12.4 Å². The van der Waals surface area contributed by atoms with E-state index in [1.807, 2.05) is 6.26 Å². The molecule has 0 bridgehead atoms. The first-order valence-corrected chi connectivity index (χ1v) is 6.24. The van der Waals surface area contributed by atoms with Gasteiger partial charge in [-0.05, 0) is 13.2 Å². The second kappa shape index (κ2) is 5.53. The molecule has 1 atom stereocenters. The summed E-state index contributed by atoms with van der Waals surface area (Å²) in [4.78, 5) is 7.90. The molecule has 0 radical (unpaired) electrons. The molecule has 4 nitrogen and oxygen atoms in total. The number of anilines is 1. The Morgan fingerprint density at radius 3 is 2.80 bits per heavy atom. The van der Waals surface area contributed by atoms with Crippen LogP contribution < -0.4 is 5.32 Å². The number of hydrogen-bond donors (Lipinski definition) is 2. The SMILES string of the molecule is CSCC(C)(O)CNc1nccnc1Cl. The minimum absolute atomic E-state index is 0.317. The summed E-state index contributed by atoms with van der Waals surface area (Å²) in [5.41, 5.74) is -0.778. The molecule has 0 saturated heterocycles. The predicted molar refractivity (Wildman–Crippen MR) is 64.5 cm³/mol. The Morgan fingerprint density at radius 1 is 1.53 bits per heavy atom. The van der Waals surface area contributed by atoms with Gasteiger partial charge in [0.05, 0.1) is 5.60 Å². The number of rotatable bonds is 5.